The maximum atomic E-state index is 13.0. The van der Waals surface area contributed by atoms with Crippen molar-refractivity contribution >= 4 is 31.5 Å². The average Bonchev–Trinajstić information content (AvgIpc) is 2.99. The first kappa shape index (κ1) is 17.4. The summed E-state index contributed by atoms with van der Waals surface area (Å²) < 4.78 is 50.5. The van der Waals surface area contributed by atoms with Crippen LogP contribution >= 0.6 is 0 Å². The number of amides is 1. The van der Waals surface area contributed by atoms with Gasteiger partial charge >= 0.3 is 0 Å². The molecule has 2 heterocycles. The van der Waals surface area contributed by atoms with Crippen molar-refractivity contribution in [2.24, 2.45) is 0 Å². The molecule has 0 radical (unpaired) electrons. The van der Waals surface area contributed by atoms with E-state index < -0.39 is 25.9 Å². The molecule has 7 nitrogen and oxygen atoms in total. The summed E-state index contributed by atoms with van der Waals surface area (Å²) >= 11 is 0. The molecule has 0 aliphatic carbocycles. The van der Waals surface area contributed by atoms with Gasteiger partial charge in [0.2, 0.25) is 15.9 Å². The summed E-state index contributed by atoms with van der Waals surface area (Å²) in [7, 11) is -5.32. The molecular weight excluding hydrogens is 352 g/mol. The molecule has 1 saturated heterocycles. The minimum atomic E-state index is -3.80. The fourth-order valence-electron chi connectivity index (χ4n) is 3.37. The molecule has 1 aromatic rings. The van der Waals surface area contributed by atoms with E-state index in [4.69, 9.17) is 0 Å². The van der Waals surface area contributed by atoms with E-state index in [1.165, 1.54) is 21.3 Å². The number of benzene rings is 1. The van der Waals surface area contributed by atoms with E-state index in [0.717, 1.165) is 0 Å². The molecule has 0 N–H and O–H groups in total. The highest BCUT2D eigenvalue weighted by atomic mass is 32.2. The van der Waals surface area contributed by atoms with Crippen molar-refractivity contribution < 1.29 is 21.6 Å². The Morgan fingerprint density at radius 1 is 1.33 bits per heavy atom. The van der Waals surface area contributed by atoms with E-state index in [1.807, 2.05) is 0 Å². The number of rotatable bonds is 4. The second-order valence-electron chi connectivity index (χ2n) is 6.19. The van der Waals surface area contributed by atoms with Gasteiger partial charge in [-0.3, -0.25) is 4.79 Å². The van der Waals surface area contributed by atoms with Crippen LogP contribution in [0.2, 0.25) is 0 Å². The summed E-state index contributed by atoms with van der Waals surface area (Å²) in [6, 6.07) is 4.11. The zero-order valence-corrected chi connectivity index (χ0v) is 15.2. The molecule has 132 valence electrons. The molecule has 1 amide bonds. The third kappa shape index (κ3) is 2.84. The normalized spacial score (nSPS) is 23.0. The second kappa shape index (κ2) is 5.82. The minimum Gasteiger partial charge on any atom is -0.315 e. The number of carbonyl (C=O) groups is 1. The Morgan fingerprint density at radius 2 is 2.04 bits per heavy atom. The fourth-order valence-corrected chi connectivity index (χ4v) is 6.91. The molecule has 1 unspecified atom stereocenters. The number of likely N-dealkylation sites (N-methyl/N-ethyl adjacent to an activating group) is 1. The number of fused-ring (bicyclic) bond motifs is 1. The Hall–Kier alpha value is -1.45. The molecule has 3 rings (SSSR count). The van der Waals surface area contributed by atoms with E-state index >= 15 is 0 Å². The molecular formula is C15H20N2O5S2. The largest absolute Gasteiger partial charge is 0.315 e. The van der Waals surface area contributed by atoms with Crippen molar-refractivity contribution in [3.05, 3.63) is 23.8 Å². The maximum absolute atomic E-state index is 13.0. The van der Waals surface area contributed by atoms with E-state index in [-0.39, 0.29) is 35.3 Å². The lowest BCUT2D eigenvalue weighted by Gasteiger charge is -2.26. The molecule has 0 saturated carbocycles. The van der Waals surface area contributed by atoms with Crippen LogP contribution in [0.1, 0.15) is 18.9 Å². The molecule has 9 heteroatoms. The van der Waals surface area contributed by atoms with Crippen LogP contribution in [0, 0.1) is 0 Å². The number of sulfonamides is 1. The van der Waals surface area contributed by atoms with Crippen molar-refractivity contribution in [2.45, 2.75) is 30.7 Å². The monoisotopic (exact) mass is 372 g/mol. The Morgan fingerprint density at radius 3 is 2.62 bits per heavy atom. The Kier molecular flexibility index (Phi) is 4.21. The van der Waals surface area contributed by atoms with Crippen LogP contribution in [0.4, 0.5) is 5.69 Å². The predicted molar refractivity (Wildman–Crippen MR) is 90.2 cm³/mol. The van der Waals surface area contributed by atoms with Crippen molar-refractivity contribution in [3.8, 4) is 0 Å². The maximum Gasteiger partial charge on any atom is 0.243 e. The molecule has 24 heavy (non-hydrogen) atoms. The molecule has 0 bridgehead atoms. The molecule has 2 aliphatic rings. The molecule has 0 aromatic heterocycles. The highest BCUT2D eigenvalue weighted by Gasteiger charge is 2.38. The van der Waals surface area contributed by atoms with Crippen LogP contribution in [0.3, 0.4) is 0 Å². The van der Waals surface area contributed by atoms with Gasteiger partial charge in [-0.1, -0.05) is 6.92 Å². The van der Waals surface area contributed by atoms with Crippen LogP contribution in [0.15, 0.2) is 23.1 Å². The second-order valence-corrected chi connectivity index (χ2v) is 10.3. The van der Waals surface area contributed by atoms with Gasteiger partial charge in [-0.15, -0.1) is 0 Å². The van der Waals surface area contributed by atoms with Gasteiger partial charge in [-0.25, -0.2) is 16.8 Å². The molecule has 1 fully saturated rings. The first-order chi connectivity index (χ1) is 11.2. The van der Waals surface area contributed by atoms with E-state index in [9.17, 15) is 21.6 Å². The third-order valence-corrected chi connectivity index (χ3v) is 8.44. The predicted octanol–water partition coefficient (Wildman–Crippen LogP) is 0.403. The number of anilines is 1. The smallest absolute Gasteiger partial charge is 0.243 e. The first-order valence-corrected chi connectivity index (χ1v) is 11.0. The minimum absolute atomic E-state index is 0.0210. The highest BCUT2D eigenvalue weighted by molar-refractivity contribution is 7.92. The molecule has 1 aromatic carbocycles. The summed E-state index contributed by atoms with van der Waals surface area (Å²) in [6.45, 7) is 1.91. The lowest BCUT2D eigenvalue weighted by Crippen LogP contribution is -2.40. The Bertz CT molecular complexity index is 892. The van der Waals surface area contributed by atoms with Crippen LogP contribution in [-0.4, -0.2) is 58.2 Å². The lowest BCUT2D eigenvalue weighted by atomic mass is 10.2. The van der Waals surface area contributed by atoms with Crippen molar-refractivity contribution in [2.75, 3.05) is 30.0 Å². The average molecular weight is 372 g/mol. The van der Waals surface area contributed by atoms with Gasteiger partial charge in [0, 0.05) is 25.3 Å². The van der Waals surface area contributed by atoms with Gasteiger partial charge in [-0.05, 0) is 30.2 Å². The molecule has 1 atom stereocenters. The van der Waals surface area contributed by atoms with Crippen LogP contribution < -0.4 is 4.90 Å². The van der Waals surface area contributed by atoms with Crippen LogP contribution in [0.5, 0.6) is 0 Å². The lowest BCUT2D eigenvalue weighted by molar-refractivity contribution is -0.117. The number of hydrogen-bond acceptors (Lipinski definition) is 5. The van der Waals surface area contributed by atoms with Crippen molar-refractivity contribution in [1.82, 2.24) is 4.31 Å². The van der Waals surface area contributed by atoms with Crippen LogP contribution in [-0.2, 0) is 31.1 Å². The van der Waals surface area contributed by atoms with Gasteiger partial charge in [0.05, 0.1) is 22.8 Å². The summed E-state index contributed by atoms with van der Waals surface area (Å²) in [5.74, 6) is -0.187. The highest BCUT2D eigenvalue weighted by Crippen LogP contribution is 2.32. The topological polar surface area (TPSA) is 91.8 Å². The van der Waals surface area contributed by atoms with Gasteiger partial charge < -0.3 is 4.90 Å². The SMILES string of the molecule is CCN(C1CCS(=O)(=O)C1)S(=O)(=O)c1ccc2c(c1)CC(=O)N2C. The summed E-state index contributed by atoms with van der Waals surface area (Å²) in [5.41, 5.74) is 1.39. The summed E-state index contributed by atoms with van der Waals surface area (Å²) in [4.78, 5) is 13.4. The summed E-state index contributed by atoms with van der Waals surface area (Å²) in [5, 5.41) is 0. The quantitative estimate of drug-likeness (QED) is 0.763. The van der Waals surface area contributed by atoms with Crippen molar-refractivity contribution in [3.63, 3.8) is 0 Å². The van der Waals surface area contributed by atoms with Gasteiger partial charge in [0.15, 0.2) is 9.84 Å². The van der Waals surface area contributed by atoms with Gasteiger partial charge in [-0.2, -0.15) is 4.31 Å². The standard InChI is InChI=1S/C15H20N2O5S2/c1-3-17(12-6-7-23(19,20)10-12)24(21,22)13-4-5-14-11(8-13)9-15(18)16(14)2/h4-5,8,12H,3,6-7,9-10H2,1-2H3. The fraction of sp³-hybridized carbons (Fsp3) is 0.533. The van der Waals surface area contributed by atoms with Crippen LogP contribution in [0.25, 0.3) is 0 Å². The molecule has 2 aliphatic heterocycles. The van der Waals surface area contributed by atoms with E-state index in [0.29, 0.717) is 17.7 Å². The van der Waals surface area contributed by atoms with Crippen molar-refractivity contribution in [1.29, 1.82) is 0 Å². The zero-order chi connectivity index (χ0) is 17.7. The summed E-state index contributed by atoms with van der Waals surface area (Å²) in [6.07, 6.45) is 0.501. The van der Waals surface area contributed by atoms with Gasteiger partial charge in [0.1, 0.15) is 0 Å². The van der Waals surface area contributed by atoms with Gasteiger partial charge in [0.25, 0.3) is 0 Å². The van der Waals surface area contributed by atoms with E-state index in [2.05, 4.69) is 0 Å². The number of sulfone groups is 1. The number of hydrogen-bond donors (Lipinski definition) is 0. The Labute approximate surface area is 142 Å². The number of nitrogens with zero attached hydrogens (tertiary/aromatic N) is 2. The van der Waals surface area contributed by atoms with E-state index in [1.54, 1.807) is 20.0 Å². The number of carbonyl (C=O) groups excluding carboxylic acids is 1. The zero-order valence-electron chi connectivity index (χ0n) is 13.6. The Balaban J connectivity index is 1.96. The molecule has 0 spiro atoms. The first-order valence-electron chi connectivity index (χ1n) is 7.77. The third-order valence-electron chi connectivity index (χ3n) is 4.66.